The number of nitrogens with one attached hydrogen (secondary N) is 2. The summed E-state index contributed by atoms with van der Waals surface area (Å²) in [7, 11) is 0. The first-order chi connectivity index (χ1) is 17.7. The number of hydrogen-bond acceptors (Lipinski definition) is 4. The summed E-state index contributed by atoms with van der Waals surface area (Å²) in [6.45, 7) is 1.25. The van der Waals surface area contributed by atoms with Crippen molar-refractivity contribution in [2.24, 2.45) is 0 Å². The second-order valence-electron chi connectivity index (χ2n) is 9.39. The Bertz CT molecular complexity index is 1660. The lowest BCUT2D eigenvalue weighted by Crippen LogP contribution is -2.30. The Kier molecular flexibility index (Phi) is 5.41. The molecular weight excluding hydrogens is 490 g/mol. The Morgan fingerprint density at radius 1 is 1.16 bits per heavy atom. The van der Waals surface area contributed by atoms with Crippen LogP contribution in [-0.4, -0.2) is 50.2 Å². The first-order valence-electron chi connectivity index (χ1n) is 11.8. The van der Waals surface area contributed by atoms with E-state index in [0.717, 1.165) is 0 Å². The van der Waals surface area contributed by atoms with E-state index in [-0.39, 0.29) is 22.3 Å². The second kappa shape index (κ2) is 8.55. The molecule has 7 nitrogen and oxygen atoms in total. The number of benzene rings is 1. The molecule has 2 aliphatic rings. The highest BCUT2D eigenvalue weighted by Crippen LogP contribution is 2.41. The van der Waals surface area contributed by atoms with Gasteiger partial charge in [-0.05, 0) is 42.3 Å². The molecule has 4 aromatic rings. The van der Waals surface area contributed by atoms with E-state index >= 15 is 4.39 Å². The van der Waals surface area contributed by atoms with E-state index in [4.69, 9.17) is 0 Å². The minimum atomic E-state index is -2.92. The van der Waals surface area contributed by atoms with Crippen molar-refractivity contribution in [2.75, 3.05) is 13.1 Å². The maximum atomic E-state index is 15.3. The number of nitrogens with zero attached hydrogens (tertiary/aromatic N) is 3. The van der Waals surface area contributed by atoms with Crippen LogP contribution in [0.4, 0.5) is 17.6 Å². The fourth-order valence-electron chi connectivity index (χ4n) is 4.75. The largest absolute Gasteiger partial charge is 0.342 e. The Hall–Kier alpha value is -3.99. The molecule has 1 atom stereocenters. The van der Waals surface area contributed by atoms with Gasteiger partial charge in [0.1, 0.15) is 16.7 Å². The summed E-state index contributed by atoms with van der Waals surface area (Å²) in [6, 6.07) is 8.35. The van der Waals surface area contributed by atoms with E-state index in [9.17, 15) is 22.8 Å². The van der Waals surface area contributed by atoms with Crippen molar-refractivity contribution in [2.45, 2.75) is 31.4 Å². The average molecular weight is 511 g/mol. The van der Waals surface area contributed by atoms with Crippen LogP contribution in [0.5, 0.6) is 0 Å². The quantitative estimate of drug-likeness (QED) is 0.315. The van der Waals surface area contributed by atoms with Crippen molar-refractivity contribution >= 4 is 28.0 Å². The number of H-pyrrole nitrogens is 1. The van der Waals surface area contributed by atoms with Gasteiger partial charge < -0.3 is 14.7 Å². The lowest BCUT2D eigenvalue weighted by molar-refractivity contribution is 0.0844. The van der Waals surface area contributed by atoms with Crippen LogP contribution in [0.15, 0.2) is 53.5 Å². The topological polar surface area (TPSA) is 82.5 Å². The van der Waals surface area contributed by atoms with Crippen molar-refractivity contribution in [1.29, 1.82) is 0 Å². The maximum Gasteiger partial charge on any atom is 0.272 e. The Morgan fingerprint density at radius 3 is 2.68 bits per heavy atom. The molecule has 1 aromatic carbocycles. The van der Waals surface area contributed by atoms with Crippen LogP contribution in [0.1, 0.15) is 34.5 Å². The van der Waals surface area contributed by atoms with Crippen LogP contribution in [-0.2, 0) is 6.54 Å². The Morgan fingerprint density at radius 2 is 1.97 bits per heavy atom. The number of aromatic nitrogens is 3. The molecule has 0 radical (unpaired) electrons. The standard InChI is InChI=1S/C26H21F4N5O2/c27-21-15(3-6-18-22(21)33-25(37)19-2-1-9-35(18)19)13-34-10-7-14(8-11-34)16-4-5-17(31-23(16)28)24(36)32-20-12-26(20,29)30/h1-7,9,20H,8,10-13H2,(H,32,36)(H,33,37). The third kappa shape index (κ3) is 4.18. The minimum Gasteiger partial charge on any atom is -0.342 e. The summed E-state index contributed by atoms with van der Waals surface area (Å²) in [5.74, 6) is -5.11. The number of carbonyl (C=O) groups excluding carboxylic acids is 1. The Balaban J connectivity index is 1.16. The molecule has 190 valence electrons. The van der Waals surface area contributed by atoms with Crippen LogP contribution in [0, 0.1) is 11.8 Å². The molecule has 37 heavy (non-hydrogen) atoms. The van der Waals surface area contributed by atoms with Gasteiger partial charge in [-0.25, -0.2) is 18.2 Å². The summed E-state index contributed by atoms with van der Waals surface area (Å²) in [5, 5.41) is 2.15. The third-order valence-electron chi connectivity index (χ3n) is 6.93. The van der Waals surface area contributed by atoms with Gasteiger partial charge in [0.25, 0.3) is 17.4 Å². The van der Waals surface area contributed by atoms with Crippen LogP contribution >= 0.6 is 0 Å². The molecular formula is C26H21F4N5O2. The number of carbonyl (C=O) groups is 1. The van der Waals surface area contributed by atoms with E-state index in [1.807, 2.05) is 11.0 Å². The predicted octanol–water partition coefficient (Wildman–Crippen LogP) is 3.88. The van der Waals surface area contributed by atoms with Gasteiger partial charge in [0, 0.05) is 43.4 Å². The van der Waals surface area contributed by atoms with E-state index in [2.05, 4.69) is 15.3 Å². The number of pyridine rings is 1. The van der Waals surface area contributed by atoms with Crippen LogP contribution in [0.3, 0.4) is 0 Å². The van der Waals surface area contributed by atoms with Crippen LogP contribution in [0.25, 0.3) is 22.1 Å². The van der Waals surface area contributed by atoms with Crippen molar-refractivity contribution in [3.63, 3.8) is 0 Å². The van der Waals surface area contributed by atoms with Gasteiger partial charge in [0.05, 0.1) is 11.6 Å². The van der Waals surface area contributed by atoms with Crippen LogP contribution < -0.4 is 10.9 Å². The van der Waals surface area contributed by atoms with Gasteiger partial charge in [0.15, 0.2) is 5.82 Å². The highest BCUT2D eigenvalue weighted by molar-refractivity contribution is 5.93. The van der Waals surface area contributed by atoms with Gasteiger partial charge in [-0.1, -0.05) is 12.1 Å². The maximum absolute atomic E-state index is 15.3. The van der Waals surface area contributed by atoms with Crippen molar-refractivity contribution in [1.82, 2.24) is 24.6 Å². The fraction of sp³-hybridized carbons (Fsp3) is 0.269. The zero-order valence-electron chi connectivity index (χ0n) is 19.4. The van der Waals surface area contributed by atoms with Gasteiger partial charge in [-0.15, -0.1) is 0 Å². The third-order valence-corrected chi connectivity index (χ3v) is 6.93. The van der Waals surface area contributed by atoms with Gasteiger partial charge in [-0.3, -0.25) is 14.5 Å². The fourth-order valence-corrected chi connectivity index (χ4v) is 4.75. The second-order valence-corrected chi connectivity index (χ2v) is 9.39. The van der Waals surface area contributed by atoms with Crippen molar-refractivity contribution in [3.05, 3.63) is 87.6 Å². The van der Waals surface area contributed by atoms with Crippen molar-refractivity contribution in [3.8, 4) is 0 Å². The summed E-state index contributed by atoms with van der Waals surface area (Å²) >= 11 is 0. The predicted molar refractivity (Wildman–Crippen MR) is 128 cm³/mol. The van der Waals surface area contributed by atoms with Crippen LogP contribution in [0.2, 0.25) is 0 Å². The summed E-state index contributed by atoms with van der Waals surface area (Å²) in [4.78, 5) is 32.7. The van der Waals surface area contributed by atoms with E-state index < -0.39 is 36.1 Å². The monoisotopic (exact) mass is 511 g/mol. The first-order valence-corrected chi connectivity index (χ1v) is 11.8. The van der Waals surface area contributed by atoms with Gasteiger partial charge >= 0.3 is 0 Å². The first kappa shape index (κ1) is 23.4. The zero-order chi connectivity index (χ0) is 25.9. The SMILES string of the molecule is O=C(NC1CC1(F)F)c1ccc(C2=CCN(Cc3ccc4c([nH]c(=O)c5cccn54)c3F)CC2)c(F)n1. The number of rotatable bonds is 5. The number of fused-ring (bicyclic) bond motifs is 3. The molecule has 6 rings (SSSR count). The lowest BCUT2D eigenvalue weighted by Gasteiger charge is -2.27. The van der Waals surface area contributed by atoms with E-state index in [1.165, 1.54) is 12.1 Å². The summed E-state index contributed by atoms with van der Waals surface area (Å²) in [6.07, 6.45) is 3.56. The molecule has 1 amide bonds. The molecule has 4 heterocycles. The molecule has 1 aliphatic heterocycles. The molecule has 3 aromatic heterocycles. The molecule has 11 heteroatoms. The highest BCUT2D eigenvalue weighted by Gasteiger charge is 2.58. The summed E-state index contributed by atoms with van der Waals surface area (Å²) in [5.41, 5.74) is 1.87. The Labute approximate surface area is 207 Å². The minimum absolute atomic E-state index is 0.141. The lowest BCUT2D eigenvalue weighted by atomic mass is 10.00. The summed E-state index contributed by atoms with van der Waals surface area (Å²) < 4.78 is 57.7. The number of hydrogen-bond donors (Lipinski definition) is 2. The number of aromatic amines is 1. The molecule has 1 aliphatic carbocycles. The smallest absolute Gasteiger partial charge is 0.272 e. The molecule has 1 saturated carbocycles. The molecule has 1 unspecified atom stereocenters. The van der Waals surface area contributed by atoms with E-state index in [0.29, 0.717) is 48.2 Å². The molecule has 0 spiro atoms. The zero-order valence-corrected chi connectivity index (χ0v) is 19.4. The molecule has 2 N–H and O–H groups in total. The van der Waals surface area contributed by atoms with Gasteiger partial charge in [-0.2, -0.15) is 4.39 Å². The normalized spacial score (nSPS) is 19.2. The number of amides is 1. The van der Waals surface area contributed by atoms with Gasteiger partial charge in [0.2, 0.25) is 5.95 Å². The number of halogens is 4. The molecule has 0 bridgehead atoms. The highest BCUT2D eigenvalue weighted by atomic mass is 19.3. The molecule has 0 saturated heterocycles. The van der Waals surface area contributed by atoms with E-state index in [1.54, 1.807) is 34.9 Å². The van der Waals surface area contributed by atoms with Crippen molar-refractivity contribution < 1.29 is 22.4 Å². The number of alkyl halides is 2. The molecule has 1 fully saturated rings. The average Bonchev–Trinajstić information content (AvgIpc) is 3.24.